The molecule has 0 spiro atoms. The molecule has 2 rings (SSSR count). The standard InChI is InChI=1S/C14H19FN2O2/c1-9-4-5-17-7-13(9)19-8-11-3-2-10(14(16)18)6-12(11)15/h2-3,6,9,13,17H,4-5,7-8H2,1H3,(H2,16,18). The molecule has 0 aromatic heterocycles. The zero-order valence-electron chi connectivity index (χ0n) is 11.0. The van der Waals surface area contributed by atoms with E-state index in [-0.39, 0.29) is 18.3 Å². The van der Waals surface area contributed by atoms with Crippen molar-refractivity contribution < 1.29 is 13.9 Å². The molecule has 19 heavy (non-hydrogen) atoms. The van der Waals surface area contributed by atoms with Crippen molar-refractivity contribution in [3.63, 3.8) is 0 Å². The van der Waals surface area contributed by atoms with Gasteiger partial charge in [0.25, 0.3) is 0 Å². The number of hydrogen-bond acceptors (Lipinski definition) is 3. The van der Waals surface area contributed by atoms with Crippen LogP contribution in [0.1, 0.15) is 29.3 Å². The Bertz CT molecular complexity index is 465. The van der Waals surface area contributed by atoms with Crippen molar-refractivity contribution in [1.82, 2.24) is 5.32 Å². The Hall–Kier alpha value is -1.46. The number of halogens is 1. The minimum Gasteiger partial charge on any atom is -0.372 e. The zero-order chi connectivity index (χ0) is 13.8. The van der Waals surface area contributed by atoms with Crippen molar-refractivity contribution in [3.05, 3.63) is 35.1 Å². The monoisotopic (exact) mass is 266 g/mol. The Kier molecular flexibility index (Phi) is 4.50. The summed E-state index contributed by atoms with van der Waals surface area (Å²) in [4.78, 5) is 10.9. The molecular weight excluding hydrogens is 247 g/mol. The molecule has 1 aliphatic rings. The van der Waals surface area contributed by atoms with Crippen molar-refractivity contribution in [2.24, 2.45) is 11.7 Å². The fourth-order valence-corrected chi connectivity index (χ4v) is 2.20. The van der Waals surface area contributed by atoms with Crippen molar-refractivity contribution in [2.75, 3.05) is 13.1 Å². The highest BCUT2D eigenvalue weighted by atomic mass is 19.1. The highest BCUT2D eigenvalue weighted by Gasteiger charge is 2.21. The normalized spacial score (nSPS) is 23.3. The molecule has 1 fully saturated rings. The Morgan fingerprint density at radius 3 is 3.00 bits per heavy atom. The third-order valence-electron chi connectivity index (χ3n) is 3.55. The van der Waals surface area contributed by atoms with Crippen LogP contribution in [0, 0.1) is 11.7 Å². The van der Waals surface area contributed by atoms with Gasteiger partial charge in [-0.3, -0.25) is 4.79 Å². The Labute approximate surface area is 112 Å². The smallest absolute Gasteiger partial charge is 0.248 e. The predicted octanol–water partition coefficient (Wildman–Crippen LogP) is 1.44. The second-order valence-electron chi connectivity index (χ2n) is 4.99. The van der Waals surface area contributed by atoms with Crippen LogP contribution in [0.5, 0.6) is 0 Å². The molecule has 2 atom stereocenters. The molecule has 0 aliphatic carbocycles. The van der Waals surface area contributed by atoms with Gasteiger partial charge in [0.1, 0.15) is 5.82 Å². The first kappa shape index (κ1) is 14.0. The minimum absolute atomic E-state index is 0.101. The average Bonchev–Trinajstić information content (AvgIpc) is 2.39. The lowest BCUT2D eigenvalue weighted by Gasteiger charge is -2.29. The van der Waals surface area contributed by atoms with Gasteiger partial charge in [0.2, 0.25) is 5.91 Å². The Balaban J connectivity index is 1.97. The van der Waals surface area contributed by atoms with Crippen LogP contribution in [-0.2, 0) is 11.3 Å². The Morgan fingerprint density at radius 2 is 2.37 bits per heavy atom. The van der Waals surface area contributed by atoms with Crippen LogP contribution in [0.3, 0.4) is 0 Å². The largest absolute Gasteiger partial charge is 0.372 e. The van der Waals surface area contributed by atoms with Gasteiger partial charge in [-0.05, 0) is 31.0 Å². The molecule has 1 aliphatic heterocycles. The number of primary amides is 1. The first-order valence-corrected chi connectivity index (χ1v) is 6.48. The van der Waals surface area contributed by atoms with Gasteiger partial charge in [-0.1, -0.05) is 13.0 Å². The quantitative estimate of drug-likeness (QED) is 0.866. The summed E-state index contributed by atoms with van der Waals surface area (Å²) < 4.78 is 19.5. The summed E-state index contributed by atoms with van der Waals surface area (Å²) in [6.07, 6.45) is 1.16. The van der Waals surface area contributed by atoms with Crippen LogP contribution >= 0.6 is 0 Å². The molecule has 5 heteroatoms. The number of ether oxygens (including phenoxy) is 1. The number of benzene rings is 1. The summed E-state index contributed by atoms with van der Waals surface area (Å²) in [5.41, 5.74) is 5.72. The van der Waals surface area contributed by atoms with E-state index in [9.17, 15) is 9.18 Å². The predicted molar refractivity (Wildman–Crippen MR) is 70.1 cm³/mol. The molecule has 104 valence electrons. The molecule has 0 bridgehead atoms. The van der Waals surface area contributed by atoms with Crippen LogP contribution < -0.4 is 11.1 Å². The van der Waals surface area contributed by atoms with Gasteiger partial charge in [-0.25, -0.2) is 4.39 Å². The van der Waals surface area contributed by atoms with Crippen LogP contribution in [-0.4, -0.2) is 25.1 Å². The maximum absolute atomic E-state index is 13.8. The third-order valence-corrected chi connectivity index (χ3v) is 3.55. The van der Waals surface area contributed by atoms with E-state index in [0.29, 0.717) is 11.5 Å². The van der Waals surface area contributed by atoms with Crippen LogP contribution in [0.2, 0.25) is 0 Å². The van der Waals surface area contributed by atoms with Gasteiger partial charge in [-0.2, -0.15) is 0 Å². The topological polar surface area (TPSA) is 64.3 Å². The molecule has 3 N–H and O–H groups in total. The van der Waals surface area contributed by atoms with Gasteiger partial charge < -0.3 is 15.8 Å². The fraction of sp³-hybridized carbons (Fsp3) is 0.500. The molecule has 0 radical (unpaired) electrons. The summed E-state index contributed by atoms with van der Waals surface area (Å²) in [5.74, 6) is -0.613. The first-order chi connectivity index (χ1) is 9.08. The van der Waals surface area contributed by atoms with Gasteiger partial charge in [-0.15, -0.1) is 0 Å². The number of amides is 1. The van der Waals surface area contributed by atoms with Crippen LogP contribution in [0.15, 0.2) is 18.2 Å². The van der Waals surface area contributed by atoms with Gasteiger partial charge in [0.05, 0.1) is 12.7 Å². The number of carbonyl (C=O) groups excluding carboxylic acids is 1. The number of nitrogens with two attached hydrogens (primary N) is 1. The summed E-state index contributed by atoms with van der Waals surface area (Å²) in [5, 5.41) is 3.26. The number of hydrogen-bond donors (Lipinski definition) is 2. The minimum atomic E-state index is -0.628. The molecule has 1 heterocycles. The van der Waals surface area contributed by atoms with Gasteiger partial charge in [0, 0.05) is 17.7 Å². The molecule has 1 saturated heterocycles. The molecular formula is C14H19FN2O2. The number of rotatable bonds is 4. The fourth-order valence-electron chi connectivity index (χ4n) is 2.20. The molecule has 2 unspecified atom stereocenters. The number of carbonyl (C=O) groups is 1. The zero-order valence-corrected chi connectivity index (χ0v) is 11.0. The van der Waals surface area contributed by atoms with E-state index in [4.69, 9.17) is 10.5 Å². The molecule has 1 aromatic carbocycles. The SMILES string of the molecule is CC1CCNCC1OCc1ccc(C(N)=O)cc1F. The van der Waals surface area contributed by atoms with Crippen LogP contribution in [0.25, 0.3) is 0 Å². The molecule has 4 nitrogen and oxygen atoms in total. The molecule has 0 saturated carbocycles. The van der Waals surface area contributed by atoms with E-state index in [1.165, 1.54) is 6.07 Å². The lowest BCUT2D eigenvalue weighted by atomic mass is 9.97. The number of nitrogens with one attached hydrogen (secondary N) is 1. The van der Waals surface area contributed by atoms with E-state index in [2.05, 4.69) is 12.2 Å². The average molecular weight is 266 g/mol. The number of piperidine rings is 1. The summed E-state index contributed by atoms with van der Waals surface area (Å²) in [7, 11) is 0. The van der Waals surface area contributed by atoms with E-state index < -0.39 is 11.7 Å². The highest BCUT2D eigenvalue weighted by molar-refractivity contribution is 5.92. The summed E-state index contributed by atoms with van der Waals surface area (Å²) in [6, 6.07) is 4.23. The maximum Gasteiger partial charge on any atom is 0.248 e. The van der Waals surface area contributed by atoms with E-state index >= 15 is 0 Å². The second-order valence-corrected chi connectivity index (χ2v) is 4.99. The molecule has 1 amide bonds. The maximum atomic E-state index is 13.8. The molecule has 1 aromatic rings. The van der Waals surface area contributed by atoms with E-state index in [0.717, 1.165) is 25.6 Å². The lowest BCUT2D eigenvalue weighted by Crippen LogP contribution is -2.40. The second kappa shape index (κ2) is 6.12. The van der Waals surface area contributed by atoms with Gasteiger partial charge in [0.15, 0.2) is 0 Å². The first-order valence-electron chi connectivity index (χ1n) is 6.48. The van der Waals surface area contributed by atoms with Crippen molar-refractivity contribution in [1.29, 1.82) is 0 Å². The summed E-state index contributed by atoms with van der Waals surface area (Å²) in [6.45, 7) is 4.14. The van der Waals surface area contributed by atoms with Gasteiger partial charge >= 0.3 is 0 Å². The van der Waals surface area contributed by atoms with Crippen molar-refractivity contribution >= 4 is 5.91 Å². The Morgan fingerprint density at radius 1 is 1.58 bits per heavy atom. The lowest BCUT2D eigenvalue weighted by molar-refractivity contribution is -0.00766. The van der Waals surface area contributed by atoms with Crippen LogP contribution in [0.4, 0.5) is 4.39 Å². The highest BCUT2D eigenvalue weighted by Crippen LogP contribution is 2.18. The van der Waals surface area contributed by atoms with E-state index in [1.807, 2.05) is 0 Å². The van der Waals surface area contributed by atoms with E-state index in [1.54, 1.807) is 6.07 Å². The van der Waals surface area contributed by atoms with Crippen molar-refractivity contribution in [3.8, 4) is 0 Å². The third kappa shape index (κ3) is 3.52. The van der Waals surface area contributed by atoms with Crippen molar-refractivity contribution in [2.45, 2.75) is 26.1 Å². The summed E-state index contributed by atoms with van der Waals surface area (Å²) >= 11 is 0.